The molecule has 0 atom stereocenters. The number of ether oxygens (including phenoxy) is 1. The number of thiocarbonyl (C=S) groups is 1. The normalized spacial score (nSPS) is 10.2. The van der Waals surface area contributed by atoms with Gasteiger partial charge < -0.3 is 10.5 Å². The van der Waals surface area contributed by atoms with Crippen LogP contribution in [0.1, 0.15) is 11.1 Å². The molecule has 98 valence electrons. The fourth-order valence-corrected chi connectivity index (χ4v) is 1.71. The van der Waals surface area contributed by atoms with E-state index in [2.05, 4.69) is 0 Å². The van der Waals surface area contributed by atoms with Crippen LogP contribution in [-0.4, -0.2) is 4.99 Å². The van der Waals surface area contributed by atoms with Crippen LogP contribution < -0.4 is 10.5 Å². The SMILES string of the molecule is NC(=S)c1ccc(OCc2cc(F)cc(F)c2)cc1. The summed E-state index contributed by atoms with van der Waals surface area (Å²) >= 11 is 4.83. The van der Waals surface area contributed by atoms with Crippen LogP contribution in [-0.2, 0) is 6.61 Å². The first-order valence-electron chi connectivity index (χ1n) is 5.52. The first-order chi connectivity index (χ1) is 9.04. The zero-order valence-electron chi connectivity index (χ0n) is 9.90. The molecule has 5 heteroatoms. The predicted molar refractivity (Wildman–Crippen MR) is 73.0 cm³/mol. The highest BCUT2D eigenvalue weighted by Gasteiger charge is 2.02. The second-order valence-corrected chi connectivity index (χ2v) is 4.39. The zero-order chi connectivity index (χ0) is 13.8. The van der Waals surface area contributed by atoms with Crippen LogP contribution in [0.15, 0.2) is 42.5 Å². The van der Waals surface area contributed by atoms with Crippen molar-refractivity contribution >= 4 is 17.2 Å². The van der Waals surface area contributed by atoms with Gasteiger partial charge in [-0.2, -0.15) is 0 Å². The number of halogens is 2. The maximum absolute atomic E-state index is 13.0. The average Bonchev–Trinajstić information content (AvgIpc) is 2.36. The molecule has 0 saturated heterocycles. The standard InChI is InChI=1S/C14H11F2NOS/c15-11-5-9(6-12(16)7-11)8-18-13-3-1-10(2-4-13)14(17)19/h1-7H,8H2,(H2,17,19). The van der Waals surface area contributed by atoms with E-state index >= 15 is 0 Å². The highest BCUT2D eigenvalue weighted by atomic mass is 32.1. The smallest absolute Gasteiger partial charge is 0.126 e. The first kappa shape index (κ1) is 13.4. The second kappa shape index (κ2) is 5.75. The Balaban J connectivity index is 2.03. The fraction of sp³-hybridized carbons (Fsp3) is 0.0714. The summed E-state index contributed by atoms with van der Waals surface area (Å²) in [5.74, 6) is -0.672. The van der Waals surface area contributed by atoms with Crippen molar-refractivity contribution in [3.63, 3.8) is 0 Å². The molecule has 2 aromatic carbocycles. The van der Waals surface area contributed by atoms with E-state index in [-0.39, 0.29) is 6.61 Å². The molecule has 0 radical (unpaired) electrons. The van der Waals surface area contributed by atoms with Gasteiger partial charge in [-0.15, -0.1) is 0 Å². The van der Waals surface area contributed by atoms with Crippen LogP contribution in [0, 0.1) is 11.6 Å². The van der Waals surface area contributed by atoms with E-state index in [0.717, 1.165) is 11.6 Å². The molecule has 0 saturated carbocycles. The topological polar surface area (TPSA) is 35.2 Å². The maximum atomic E-state index is 13.0. The first-order valence-corrected chi connectivity index (χ1v) is 5.93. The van der Waals surface area contributed by atoms with E-state index in [9.17, 15) is 8.78 Å². The van der Waals surface area contributed by atoms with Gasteiger partial charge in [0.25, 0.3) is 0 Å². The molecule has 0 aromatic heterocycles. The third kappa shape index (κ3) is 3.72. The summed E-state index contributed by atoms with van der Waals surface area (Å²) in [7, 11) is 0. The van der Waals surface area contributed by atoms with Gasteiger partial charge in [0.05, 0.1) is 0 Å². The summed E-state index contributed by atoms with van der Waals surface area (Å²) in [4.78, 5) is 0.304. The molecular formula is C14H11F2NOS. The Labute approximate surface area is 114 Å². The lowest BCUT2D eigenvalue weighted by Crippen LogP contribution is -2.08. The molecule has 2 rings (SSSR count). The Morgan fingerprint density at radius 3 is 2.16 bits per heavy atom. The van der Waals surface area contributed by atoms with Crippen LogP contribution >= 0.6 is 12.2 Å². The van der Waals surface area contributed by atoms with Crippen LogP contribution in [0.5, 0.6) is 5.75 Å². The number of benzene rings is 2. The van der Waals surface area contributed by atoms with E-state index in [1.807, 2.05) is 0 Å². The highest BCUT2D eigenvalue weighted by Crippen LogP contribution is 2.15. The van der Waals surface area contributed by atoms with Gasteiger partial charge in [-0.1, -0.05) is 12.2 Å². The van der Waals surface area contributed by atoms with Gasteiger partial charge >= 0.3 is 0 Å². The molecule has 0 fully saturated rings. The minimum Gasteiger partial charge on any atom is -0.489 e. The molecule has 0 heterocycles. The minimum absolute atomic E-state index is 0.0844. The van der Waals surface area contributed by atoms with Gasteiger partial charge in [-0.3, -0.25) is 0 Å². The van der Waals surface area contributed by atoms with Crippen LogP contribution in [0.4, 0.5) is 8.78 Å². The van der Waals surface area contributed by atoms with E-state index in [1.165, 1.54) is 12.1 Å². The Bertz CT molecular complexity index is 579. The van der Waals surface area contributed by atoms with E-state index in [1.54, 1.807) is 24.3 Å². The third-order valence-electron chi connectivity index (χ3n) is 2.47. The number of hydrogen-bond acceptors (Lipinski definition) is 2. The van der Waals surface area contributed by atoms with Gasteiger partial charge in [0.1, 0.15) is 29.0 Å². The summed E-state index contributed by atoms with van der Waals surface area (Å²) in [5, 5.41) is 0. The van der Waals surface area contributed by atoms with Crippen molar-refractivity contribution in [2.75, 3.05) is 0 Å². The van der Waals surface area contributed by atoms with Crippen molar-refractivity contribution in [3.05, 3.63) is 65.2 Å². The monoisotopic (exact) mass is 279 g/mol. The maximum Gasteiger partial charge on any atom is 0.126 e. The van der Waals surface area contributed by atoms with Gasteiger partial charge in [-0.25, -0.2) is 8.78 Å². The van der Waals surface area contributed by atoms with Gasteiger partial charge in [0.2, 0.25) is 0 Å². The van der Waals surface area contributed by atoms with Gasteiger partial charge in [-0.05, 0) is 42.0 Å². The Kier molecular flexibility index (Phi) is 4.06. The van der Waals surface area contributed by atoms with Crippen LogP contribution in [0.2, 0.25) is 0 Å². The summed E-state index contributed by atoms with van der Waals surface area (Å²) < 4.78 is 31.4. The number of nitrogens with two attached hydrogens (primary N) is 1. The zero-order valence-corrected chi connectivity index (χ0v) is 10.7. The van der Waals surface area contributed by atoms with E-state index in [4.69, 9.17) is 22.7 Å². The quantitative estimate of drug-likeness (QED) is 0.873. The van der Waals surface area contributed by atoms with Crippen molar-refractivity contribution in [2.45, 2.75) is 6.61 Å². The van der Waals surface area contributed by atoms with Crippen LogP contribution in [0.25, 0.3) is 0 Å². The second-order valence-electron chi connectivity index (χ2n) is 3.96. The van der Waals surface area contributed by atoms with E-state index < -0.39 is 11.6 Å². The average molecular weight is 279 g/mol. The summed E-state index contributed by atoms with van der Waals surface area (Å²) in [5.41, 5.74) is 6.63. The lowest BCUT2D eigenvalue weighted by atomic mass is 10.2. The molecule has 2 N–H and O–H groups in total. The lowest BCUT2D eigenvalue weighted by molar-refractivity contribution is 0.305. The van der Waals surface area contributed by atoms with Crippen LogP contribution in [0.3, 0.4) is 0 Å². The molecule has 0 bridgehead atoms. The van der Waals surface area contributed by atoms with Crippen molar-refractivity contribution in [1.29, 1.82) is 0 Å². The molecule has 19 heavy (non-hydrogen) atoms. The van der Waals surface area contributed by atoms with E-state index in [0.29, 0.717) is 16.3 Å². The summed E-state index contributed by atoms with van der Waals surface area (Å²) in [6, 6.07) is 10.1. The van der Waals surface area contributed by atoms with Crippen molar-refractivity contribution in [3.8, 4) is 5.75 Å². The number of hydrogen-bond donors (Lipinski definition) is 1. The van der Waals surface area contributed by atoms with Gasteiger partial charge in [0.15, 0.2) is 0 Å². The molecule has 0 unspecified atom stereocenters. The summed E-state index contributed by atoms with van der Waals surface area (Å²) in [6.07, 6.45) is 0. The highest BCUT2D eigenvalue weighted by molar-refractivity contribution is 7.80. The molecule has 0 amide bonds. The molecule has 0 aliphatic heterocycles. The summed E-state index contributed by atoms with van der Waals surface area (Å²) in [6.45, 7) is 0.0844. The Morgan fingerprint density at radius 2 is 1.63 bits per heavy atom. The van der Waals surface area contributed by atoms with Crippen molar-refractivity contribution in [2.24, 2.45) is 5.73 Å². The molecule has 0 aliphatic carbocycles. The molecular weight excluding hydrogens is 268 g/mol. The van der Waals surface area contributed by atoms with Crippen molar-refractivity contribution in [1.82, 2.24) is 0 Å². The fourth-order valence-electron chi connectivity index (χ4n) is 1.58. The molecule has 2 nitrogen and oxygen atoms in total. The Hall–Kier alpha value is -2.01. The number of rotatable bonds is 4. The lowest BCUT2D eigenvalue weighted by Gasteiger charge is -2.07. The predicted octanol–water partition coefficient (Wildman–Crippen LogP) is 3.18. The molecule has 2 aromatic rings. The van der Waals surface area contributed by atoms with Gasteiger partial charge in [0, 0.05) is 11.6 Å². The largest absolute Gasteiger partial charge is 0.489 e. The molecule has 0 spiro atoms. The minimum atomic E-state index is -0.623. The Morgan fingerprint density at radius 1 is 1.05 bits per heavy atom. The molecule has 0 aliphatic rings. The van der Waals surface area contributed by atoms with Crippen molar-refractivity contribution < 1.29 is 13.5 Å². The third-order valence-corrected chi connectivity index (χ3v) is 2.70.